The van der Waals surface area contributed by atoms with Crippen molar-refractivity contribution in [1.29, 1.82) is 0 Å². The quantitative estimate of drug-likeness (QED) is 0.921. The maximum Gasteiger partial charge on any atom is 0.150 e. The lowest BCUT2D eigenvalue weighted by Gasteiger charge is -2.44. The van der Waals surface area contributed by atoms with Gasteiger partial charge in [-0.05, 0) is 25.2 Å². The van der Waals surface area contributed by atoms with E-state index in [2.05, 4.69) is 34.5 Å². The summed E-state index contributed by atoms with van der Waals surface area (Å²) in [7, 11) is 2.01. The van der Waals surface area contributed by atoms with E-state index < -0.39 is 0 Å². The first kappa shape index (κ1) is 13.9. The molecular weight excluding hydrogens is 248 g/mol. The maximum atomic E-state index is 4.63. The van der Waals surface area contributed by atoms with E-state index in [1.165, 1.54) is 38.5 Å². The molecule has 3 rings (SSSR count). The molecule has 2 aliphatic rings. The number of aryl methyl sites for hydroxylation is 1. The third-order valence-corrected chi connectivity index (χ3v) is 5.13. The molecule has 1 N–H and O–H groups in total. The summed E-state index contributed by atoms with van der Waals surface area (Å²) in [6, 6.07) is 3.40. The number of aromatic nitrogens is 2. The van der Waals surface area contributed by atoms with Gasteiger partial charge in [-0.25, -0.2) is 0 Å². The summed E-state index contributed by atoms with van der Waals surface area (Å²) in [5, 5.41) is 8.45. The van der Waals surface area contributed by atoms with Gasteiger partial charge in [0.05, 0.1) is 0 Å². The Bertz CT molecular complexity index is 422. The fraction of sp³-hybridized carbons (Fsp3) is 0.812. The van der Waals surface area contributed by atoms with E-state index in [9.17, 15) is 0 Å². The fourth-order valence-corrected chi connectivity index (χ4v) is 3.88. The van der Waals surface area contributed by atoms with Crippen LogP contribution < -0.4 is 10.2 Å². The molecule has 1 aliphatic heterocycles. The van der Waals surface area contributed by atoms with Gasteiger partial charge < -0.3 is 10.2 Å². The topological polar surface area (TPSA) is 33.1 Å². The molecule has 1 saturated carbocycles. The van der Waals surface area contributed by atoms with Crippen LogP contribution in [0.25, 0.3) is 0 Å². The highest BCUT2D eigenvalue weighted by Gasteiger charge is 2.32. The number of piperazine rings is 1. The Morgan fingerprint density at radius 3 is 2.75 bits per heavy atom. The van der Waals surface area contributed by atoms with Gasteiger partial charge in [0.2, 0.25) is 0 Å². The summed E-state index contributed by atoms with van der Waals surface area (Å²) in [4.78, 5) is 2.54. The van der Waals surface area contributed by atoms with Crippen LogP contribution in [-0.4, -0.2) is 35.0 Å². The molecule has 2 unspecified atom stereocenters. The molecule has 1 saturated heterocycles. The SMILES string of the molecule is CCC1CNC(C2CCCCC2)CN1c1ccn(C)n1. The van der Waals surface area contributed by atoms with Crippen LogP contribution in [0.4, 0.5) is 5.82 Å². The minimum atomic E-state index is 0.588. The zero-order valence-corrected chi connectivity index (χ0v) is 12.9. The predicted molar refractivity (Wildman–Crippen MR) is 83.0 cm³/mol. The second-order valence-electron chi connectivity index (χ2n) is 6.47. The van der Waals surface area contributed by atoms with Gasteiger partial charge in [-0.3, -0.25) is 4.68 Å². The Morgan fingerprint density at radius 1 is 1.30 bits per heavy atom. The van der Waals surface area contributed by atoms with Crippen molar-refractivity contribution in [3.05, 3.63) is 12.3 Å². The lowest BCUT2D eigenvalue weighted by atomic mass is 9.82. The van der Waals surface area contributed by atoms with Gasteiger partial charge in [0, 0.05) is 44.5 Å². The van der Waals surface area contributed by atoms with E-state index in [-0.39, 0.29) is 0 Å². The number of rotatable bonds is 3. The molecular formula is C16H28N4. The molecule has 0 aromatic carbocycles. The highest BCUT2D eigenvalue weighted by molar-refractivity contribution is 5.40. The van der Waals surface area contributed by atoms with Crippen LogP contribution >= 0.6 is 0 Å². The van der Waals surface area contributed by atoms with E-state index in [0.717, 1.165) is 24.8 Å². The molecule has 2 fully saturated rings. The first-order valence-electron chi connectivity index (χ1n) is 8.27. The highest BCUT2D eigenvalue weighted by atomic mass is 15.4. The van der Waals surface area contributed by atoms with Crippen molar-refractivity contribution in [3.63, 3.8) is 0 Å². The summed E-state index contributed by atoms with van der Waals surface area (Å²) in [6.45, 7) is 4.51. The number of nitrogens with one attached hydrogen (secondary N) is 1. The Balaban J connectivity index is 1.71. The summed E-state index contributed by atoms with van der Waals surface area (Å²) in [6.07, 6.45) is 10.3. The molecule has 20 heavy (non-hydrogen) atoms. The zero-order valence-electron chi connectivity index (χ0n) is 12.9. The summed E-state index contributed by atoms with van der Waals surface area (Å²) in [5.74, 6) is 2.02. The highest BCUT2D eigenvalue weighted by Crippen LogP contribution is 2.30. The van der Waals surface area contributed by atoms with Crippen LogP contribution in [-0.2, 0) is 7.05 Å². The molecule has 0 amide bonds. The second-order valence-corrected chi connectivity index (χ2v) is 6.47. The minimum absolute atomic E-state index is 0.588. The van der Waals surface area contributed by atoms with Crippen LogP contribution in [0, 0.1) is 5.92 Å². The molecule has 0 spiro atoms. The maximum absolute atomic E-state index is 4.63. The van der Waals surface area contributed by atoms with Crippen molar-refractivity contribution >= 4 is 5.82 Å². The van der Waals surface area contributed by atoms with Gasteiger partial charge in [-0.15, -0.1) is 0 Å². The molecule has 1 aliphatic carbocycles. The monoisotopic (exact) mass is 276 g/mol. The molecule has 4 heteroatoms. The van der Waals surface area contributed by atoms with Crippen molar-refractivity contribution in [1.82, 2.24) is 15.1 Å². The van der Waals surface area contributed by atoms with Gasteiger partial charge in [0.1, 0.15) is 0 Å². The van der Waals surface area contributed by atoms with E-state index in [0.29, 0.717) is 12.1 Å². The third-order valence-electron chi connectivity index (χ3n) is 5.13. The standard InChI is InChI=1S/C16H28N4/c1-3-14-11-17-15(13-7-5-4-6-8-13)12-20(14)16-9-10-19(2)18-16/h9-10,13-15,17H,3-8,11-12H2,1-2H3. The molecule has 0 radical (unpaired) electrons. The smallest absolute Gasteiger partial charge is 0.150 e. The number of hydrogen-bond donors (Lipinski definition) is 1. The van der Waals surface area contributed by atoms with Crippen molar-refractivity contribution in [2.45, 2.75) is 57.5 Å². The summed E-state index contributed by atoms with van der Waals surface area (Å²) >= 11 is 0. The van der Waals surface area contributed by atoms with Crippen molar-refractivity contribution in [3.8, 4) is 0 Å². The number of anilines is 1. The second kappa shape index (κ2) is 6.17. The number of hydrogen-bond acceptors (Lipinski definition) is 3. The molecule has 1 aromatic heterocycles. The van der Waals surface area contributed by atoms with Crippen LogP contribution in [0.1, 0.15) is 45.4 Å². The van der Waals surface area contributed by atoms with Crippen molar-refractivity contribution in [2.75, 3.05) is 18.0 Å². The van der Waals surface area contributed by atoms with E-state index >= 15 is 0 Å². The Hall–Kier alpha value is -1.03. The lowest BCUT2D eigenvalue weighted by molar-refractivity contribution is 0.240. The van der Waals surface area contributed by atoms with Crippen LogP contribution in [0.5, 0.6) is 0 Å². The van der Waals surface area contributed by atoms with Gasteiger partial charge in [0.15, 0.2) is 5.82 Å². The largest absolute Gasteiger partial charge is 0.349 e. The summed E-state index contributed by atoms with van der Waals surface area (Å²) in [5.41, 5.74) is 0. The molecule has 4 nitrogen and oxygen atoms in total. The average molecular weight is 276 g/mol. The first-order chi connectivity index (χ1) is 9.78. The summed E-state index contributed by atoms with van der Waals surface area (Å²) < 4.78 is 1.92. The Labute approximate surface area is 122 Å². The van der Waals surface area contributed by atoms with Gasteiger partial charge in [0.25, 0.3) is 0 Å². The Morgan fingerprint density at radius 2 is 2.10 bits per heavy atom. The lowest BCUT2D eigenvalue weighted by Crippen LogP contribution is -2.59. The third kappa shape index (κ3) is 2.85. The first-order valence-corrected chi connectivity index (χ1v) is 8.27. The van der Waals surface area contributed by atoms with Gasteiger partial charge in [-0.2, -0.15) is 5.10 Å². The van der Waals surface area contributed by atoms with Crippen molar-refractivity contribution < 1.29 is 0 Å². The van der Waals surface area contributed by atoms with E-state index in [1.54, 1.807) is 0 Å². The predicted octanol–water partition coefficient (Wildman–Crippen LogP) is 2.56. The minimum Gasteiger partial charge on any atom is -0.349 e. The van der Waals surface area contributed by atoms with Crippen LogP contribution in [0.3, 0.4) is 0 Å². The van der Waals surface area contributed by atoms with E-state index in [1.807, 2.05) is 11.7 Å². The molecule has 0 bridgehead atoms. The van der Waals surface area contributed by atoms with Gasteiger partial charge >= 0.3 is 0 Å². The van der Waals surface area contributed by atoms with Crippen LogP contribution in [0.2, 0.25) is 0 Å². The molecule has 2 heterocycles. The van der Waals surface area contributed by atoms with Gasteiger partial charge in [-0.1, -0.05) is 26.2 Å². The molecule has 2 atom stereocenters. The zero-order chi connectivity index (χ0) is 13.9. The fourth-order valence-electron chi connectivity index (χ4n) is 3.88. The Kier molecular flexibility index (Phi) is 4.29. The average Bonchev–Trinajstić information content (AvgIpc) is 2.94. The van der Waals surface area contributed by atoms with Crippen molar-refractivity contribution in [2.24, 2.45) is 13.0 Å². The normalized spacial score (nSPS) is 28.8. The van der Waals surface area contributed by atoms with E-state index in [4.69, 9.17) is 0 Å². The molecule has 1 aromatic rings. The molecule has 112 valence electrons. The van der Waals surface area contributed by atoms with Crippen LogP contribution in [0.15, 0.2) is 12.3 Å². The number of nitrogens with zero attached hydrogens (tertiary/aromatic N) is 3.